The Hall–Kier alpha value is 0. The fraction of sp³-hybridized carbons (Fsp3) is 1.00. The summed E-state index contributed by atoms with van der Waals surface area (Å²) in [5.41, 5.74) is 0.523. The van der Waals surface area contributed by atoms with E-state index in [0.29, 0.717) is 5.41 Å². The van der Waals surface area contributed by atoms with E-state index >= 15 is 0 Å². The Morgan fingerprint density at radius 1 is 1.22 bits per heavy atom. The third kappa shape index (κ3) is 5.88. The van der Waals surface area contributed by atoms with Crippen LogP contribution in [0.25, 0.3) is 0 Å². The molecule has 0 heteroatoms. The fourth-order valence-electron chi connectivity index (χ4n) is 1.19. The summed E-state index contributed by atoms with van der Waals surface area (Å²) in [6.07, 6.45) is 2.67. The third-order valence-electron chi connectivity index (χ3n) is 1.66. The van der Waals surface area contributed by atoms with Crippen molar-refractivity contribution >= 4 is 0 Å². The van der Waals surface area contributed by atoms with Gasteiger partial charge in [-0.3, -0.25) is 0 Å². The lowest BCUT2D eigenvalue weighted by Crippen LogP contribution is -2.09. The third-order valence-corrected chi connectivity index (χ3v) is 1.66. The highest BCUT2D eigenvalue weighted by Gasteiger charge is 2.13. The molecule has 0 nitrogen and oxygen atoms in total. The summed E-state index contributed by atoms with van der Waals surface area (Å²) in [5, 5.41) is 0. The van der Waals surface area contributed by atoms with Gasteiger partial charge in [-0.25, -0.2) is 0 Å². The second-order valence-electron chi connectivity index (χ2n) is 4.28. The Bertz CT molecular complexity index is 66.6. The molecule has 0 aromatic carbocycles. The first kappa shape index (κ1) is 9.00. The van der Waals surface area contributed by atoms with E-state index in [-0.39, 0.29) is 0 Å². The Morgan fingerprint density at radius 3 is 1.78 bits per heavy atom. The highest BCUT2D eigenvalue weighted by atomic mass is 14.2. The lowest BCUT2D eigenvalue weighted by Gasteiger charge is -2.21. The molecule has 56 valence electrons. The van der Waals surface area contributed by atoms with Crippen LogP contribution in [0.15, 0.2) is 0 Å². The van der Waals surface area contributed by atoms with Gasteiger partial charge in [-0.15, -0.1) is 0 Å². The van der Waals surface area contributed by atoms with Gasteiger partial charge in [-0.05, 0) is 17.8 Å². The fourth-order valence-corrected chi connectivity index (χ4v) is 1.19. The Kier molecular flexibility index (Phi) is 3.24. The van der Waals surface area contributed by atoms with Gasteiger partial charge in [0, 0.05) is 0 Å². The highest BCUT2D eigenvalue weighted by Crippen LogP contribution is 2.25. The van der Waals surface area contributed by atoms with Gasteiger partial charge < -0.3 is 0 Å². The molecule has 1 atom stereocenters. The molecular formula is C9H20. The van der Waals surface area contributed by atoms with Crippen molar-refractivity contribution in [3.8, 4) is 0 Å². The average molecular weight is 128 g/mol. The maximum Gasteiger partial charge on any atom is -0.0380 e. The Balaban J connectivity index is 3.47. The summed E-state index contributed by atoms with van der Waals surface area (Å²) in [5.74, 6) is 0.894. The number of rotatable bonds is 2. The SMILES string of the molecule is CCC(C)CC(C)(C)C. The Labute approximate surface area is 59.7 Å². The first-order valence-electron chi connectivity index (χ1n) is 3.95. The van der Waals surface area contributed by atoms with E-state index in [2.05, 4.69) is 34.6 Å². The molecule has 0 spiro atoms. The van der Waals surface area contributed by atoms with E-state index < -0.39 is 0 Å². The predicted molar refractivity (Wildman–Crippen MR) is 43.5 cm³/mol. The zero-order valence-corrected chi connectivity index (χ0v) is 7.49. The molecule has 0 aliphatic carbocycles. The van der Waals surface area contributed by atoms with Gasteiger partial charge in [0.1, 0.15) is 0 Å². The van der Waals surface area contributed by atoms with Crippen LogP contribution in [-0.4, -0.2) is 0 Å². The molecule has 0 heterocycles. The van der Waals surface area contributed by atoms with E-state index in [1.54, 1.807) is 0 Å². The molecule has 0 fully saturated rings. The van der Waals surface area contributed by atoms with Crippen LogP contribution in [0.2, 0.25) is 0 Å². The summed E-state index contributed by atoms with van der Waals surface area (Å²) >= 11 is 0. The van der Waals surface area contributed by atoms with Gasteiger partial charge in [-0.1, -0.05) is 41.0 Å². The first-order valence-corrected chi connectivity index (χ1v) is 3.95. The molecule has 0 bridgehead atoms. The quantitative estimate of drug-likeness (QED) is 0.534. The topological polar surface area (TPSA) is 0 Å². The molecule has 0 aromatic heterocycles. The van der Waals surface area contributed by atoms with Crippen LogP contribution in [-0.2, 0) is 0 Å². The number of hydrogen-bond donors (Lipinski definition) is 0. The minimum Gasteiger partial charge on any atom is -0.0651 e. The molecule has 0 radical (unpaired) electrons. The monoisotopic (exact) mass is 128 g/mol. The second kappa shape index (κ2) is 3.24. The maximum absolute atomic E-state index is 2.32. The van der Waals surface area contributed by atoms with E-state index in [1.807, 2.05) is 0 Å². The van der Waals surface area contributed by atoms with E-state index in [0.717, 1.165) is 5.92 Å². The molecule has 0 saturated heterocycles. The van der Waals surface area contributed by atoms with Crippen molar-refractivity contribution < 1.29 is 0 Å². The predicted octanol–water partition coefficient (Wildman–Crippen LogP) is 3.47. The van der Waals surface area contributed by atoms with Crippen molar-refractivity contribution in [3.63, 3.8) is 0 Å². The van der Waals surface area contributed by atoms with E-state index in [4.69, 9.17) is 0 Å². The van der Waals surface area contributed by atoms with Crippen LogP contribution < -0.4 is 0 Å². The maximum atomic E-state index is 2.32. The van der Waals surface area contributed by atoms with Gasteiger partial charge in [-0.2, -0.15) is 0 Å². The summed E-state index contributed by atoms with van der Waals surface area (Å²) in [6, 6.07) is 0. The van der Waals surface area contributed by atoms with Crippen molar-refractivity contribution in [2.75, 3.05) is 0 Å². The van der Waals surface area contributed by atoms with Gasteiger partial charge >= 0.3 is 0 Å². The van der Waals surface area contributed by atoms with E-state index in [1.165, 1.54) is 12.8 Å². The van der Waals surface area contributed by atoms with Crippen molar-refractivity contribution in [1.29, 1.82) is 0 Å². The smallest absolute Gasteiger partial charge is 0.0380 e. The van der Waals surface area contributed by atoms with Crippen LogP contribution in [0, 0.1) is 11.3 Å². The summed E-state index contributed by atoms with van der Waals surface area (Å²) < 4.78 is 0. The van der Waals surface area contributed by atoms with Gasteiger partial charge in [0.25, 0.3) is 0 Å². The zero-order valence-electron chi connectivity index (χ0n) is 7.49. The standard InChI is InChI=1S/C9H20/c1-6-8(2)7-9(3,4)5/h8H,6-7H2,1-5H3. The molecule has 0 saturated carbocycles. The van der Waals surface area contributed by atoms with Gasteiger partial charge in [0.15, 0.2) is 0 Å². The van der Waals surface area contributed by atoms with Gasteiger partial charge in [0.2, 0.25) is 0 Å². The van der Waals surface area contributed by atoms with Crippen LogP contribution >= 0.6 is 0 Å². The molecule has 1 unspecified atom stereocenters. The molecular weight excluding hydrogens is 108 g/mol. The van der Waals surface area contributed by atoms with Crippen molar-refractivity contribution in [2.45, 2.75) is 47.5 Å². The molecule has 0 aliphatic heterocycles. The lowest BCUT2D eigenvalue weighted by molar-refractivity contribution is 0.302. The molecule has 0 N–H and O–H groups in total. The van der Waals surface area contributed by atoms with Crippen LogP contribution in [0.3, 0.4) is 0 Å². The van der Waals surface area contributed by atoms with Crippen molar-refractivity contribution in [1.82, 2.24) is 0 Å². The van der Waals surface area contributed by atoms with Crippen LogP contribution in [0.4, 0.5) is 0 Å². The van der Waals surface area contributed by atoms with Gasteiger partial charge in [0.05, 0.1) is 0 Å². The number of hydrogen-bond acceptors (Lipinski definition) is 0. The van der Waals surface area contributed by atoms with Crippen molar-refractivity contribution in [2.24, 2.45) is 11.3 Å². The van der Waals surface area contributed by atoms with E-state index in [9.17, 15) is 0 Å². The second-order valence-corrected chi connectivity index (χ2v) is 4.28. The molecule has 9 heavy (non-hydrogen) atoms. The summed E-state index contributed by atoms with van der Waals surface area (Å²) in [6.45, 7) is 11.5. The first-order chi connectivity index (χ1) is 3.95. The summed E-state index contributed by atoms with van der Waals surface area (Å²) in [4.78, 5) is 0. The largest absolute Gasteiger partial charge is 0.0651 e. The van der Waals surface area contributed by atoms with Crippen molar-refractivity contribution in [3.05, 3.63) is 0 Å². The molecule has 0 amide bonds. The minimum atomic E-state index is 0.523. The average Bonchev–Trinajstić information content (AvgIpc) is 1.62. The zero-order chi connectivity index (χ0) is 7.49. The molecule has 0 aliphatic rings. The summed E-state index contributed by atoms with van der Waals surface area (Å²) in [7, 11) is 0. The minimum absolute atomic E-state index is 0.523. The molecule has 0 rings (SSSR count). The van der Waals surface area contributed by atoms with Crippen LogP contribution in [0.5, 0.6) is 0 Å². The lowest BCUT2D eigenvalue weighted by atomic mass is 9.84. The van der Waals surface area contributed by atoms with Crippen LogP contribution in [0.1, 0.15) is 47.5 Å². The highest BCUT2D eigenvalue weighted by molar-refractivity contribution is 4.64. The molecule has 0 aromatic rings. The Morgan fingerprint density at radius 2 is 1.67 bits per heavy atom. The normalized spacial score (nSPS) is 15.7.